The number of rotatable bonds is 3. The van der Waals surface area contributed by atoms with Crippen LogP contribution in [0.4, 0.5) is 0 Å². The van der Waals surface area contributed by atoms with Gasteiger partial charge in [0.25, 0.3) is 0 Å². The fourth-order valence-corrected chi connectivity index (χ4v) is 0.589. The predicted molar refractivity (Wildman–Crippen MR) is 76.2 cm³/mol. The van der Waals surface area contributed by atoms with Gasteiger partial charge in [0.05, 0.1) is 11.9 Å². The first-order valence-electron chi connectivity index (χ1n) is 5.63. The van der Waals surface area contributed by atoms with E-state index in [4.69, 9.17) is 0 Å². The largest absolute Gasteiger partial charge is 0.545 e. The number of hydrogen-bond acceptors (Lipinski definition) is 4. The number of aliphatic carboxylic acids is 2. The van der Waals surface area contributed by atoms with Crippen LogP contribution in [0.5, 0.6) is 0 Å². The van der Waals surface area contributed by atoms with Crippen LogP contribution in [0.25, 0.3) is 6.08 Å². The van der Waals surface area contributed by atoms with Crippen LogP contribution in [0.1, 0.15) is 19.4 Å². The zero-order chi connectivity index (χ0) is 16.1. The molecule has 1 aromatic rings. The highest BCUT2D eigenvalue weighted by Gasteiger charge is 1.77. The third-order valence-corrected chi connectivity index (χ3v) is 1.73. The molecule has 0 atom stereocenters. The Labute approximate surface area is 119 Å². The number of carboxylic acid groups (broad SMARTS) is 2. The van der Waals surface area contributed by atoms with Gasteiger partial charge in [-0.25, -0.2) is 0 Å². The molecule has 0 bridgehead atoms. The molecule has 0 aromatic heterocycles. The van der Waals surface area contributed by atoms with Gasteiger partial charge in [-0.1, -0.05) is 56.1 Å². The highest BCUT2D eigenvalue weighted by atomic mass is 16.4. The van der Waals surface area contributed by atoms with Crippen molar-refractivity contribution in [1.82, 2.24) is 0 Å². The quantitative estimate of drug-likeness (QED) is 0.769. The average Bonchev–Trinajstić information content (AvgIpc) is 2.40. The van der Waals surface area contributed by atoms with Crippen LogP contribution in [-0.4, -0.2) is 11.9 Å². The van der Waals surface area contributed by atoms with Gasteiger partial charge in [-0.05, 0) is 30.6 Å². The number of carbonyl (C=O) groups is 2. The molecule has 0 radical (unpaired) electrons. The Hall–Kier alpha value is -2.62. The summed E-state index contributed by atoms with van der Waals surface area (Å²) in [6.45, 7) is 12.6. The molecule has 0 saturated heterocycles. The Kier molecular flexibility index (Phi) is 11.3. The minimum absolute atomic E-state index is 0.0648. The molecule has 0 aliphatic carbocycles. The molecule has 0 spiro atoms. The molecule has 0 fully saturated rings. The summed E-state index contributed by atoms with van der Waals surface area (Å²) in [5.74, 6) is -2.37. The molecule has 1 aromatic carbocycles. The standard InChI is InChI=1S/C8H8.2C4H6O2/c1-2-8-6-4-3-5-7-8;2*1-3(2)4(5)6/h2-7H,1H2;2*1H2,2H3,(H,5,6)/p-2. The molecule has 0 saturated carbocycles. The van der Waals surface area contributed by atoms with Gasteiger partial charge in [0.15, 0.2) is 0 Å². The molecule has 4 nitrogen and oxygen atoms in total. The van der Waals surface area contributed by atoms with Crippen molar-refractivity contribution >= 4 is 18.0 Å². The van der Waals surface area contributed by atoms with Crippen LogP contribution >= 0.6 is 0 Å². The Morgan fingerprint density at radius 3 is 1.40 bits per heavy atom. The molecule has 0 heterocycles. The maximum absolute atomic E-state index is 9.49. The second-order valence-electron chi connectivity index (χ2n) is 3.75. The van der Waals surface area contributed by atoms with E-state index in [1.54, 1.807) is 0 Å². The van der Waals surface area contributed by atoms with E-state index in [0.717, 1.165) is 0 Å². The van der Waals surface area contributed by atoms with E-state index in [1.165, 1.54) is 19.4 Å². The van der Waals surface area contributed by atoms with Crippen molar-refractivity contribution in [2.75, 3.05) is 0 Å². The molecular formula is C16H18O4-2. The van der Waals surface area contributed by atoms with Crippen molar-refractivity contribution in [2.24, 2.45) is 0 Å². The van der Waals surface area contributed by atoms with E-state index in [-0.39, 0.29) is 11.1 Å². The van der Waals surface area contributed by atoms with Crippen molar-refractivity contribution in [1.29, 1.82) is 0 Å². The minimum atomic E-state index is -1.19. The Morgan fingerprint density at radius 2 is 1.25 bits per heavy atom. The lowest BCUT2D eigenvalue weighted by Crippen LogP contribution is -2.22. The second kappa shape index (κ2) is 11.5. The van der Waals surface area contributed by atoms with E-state index < -0.39 is 11.9 Å². The summed E-state index contributed by atoms with van der Waals surface area (Å²) in [6, 6.07) is 10.0. The summed E-state index contributed by atoms with van der Waals surface area (Å²) in [6.07, 6.45) is 1.83. The summed E-state index contributed by atoms with van der Waals surface area (Å²) in [5, 5.41) is 19.0. The first-order chi connectivity index (χ1) is 9.22. The topological polar surface area (TPSA) is 80.3 Å². The normalized spacial score (nSPS) is 7.90. The van der Waals surface area contributed by atoms with Crippen LogP contribution in [0.2, 0.25) is 0 Å². The monoisotopic (exact) mass is 274 g/mol. The molecule has 0 unspecified atom stereocenters. The van der Waals surface area contributed by atoms with Gasteiger partial charge in [0.1, 0.15) is 0 Å². The van der Waals surface area contributed by atoms with Crippen molar-refractivity contribution < 1.29 is 19.8 Å². The molecule has 4 heteroatoms. The van der Waals surface area contributed by atoms with Gasteiger partial charge in [-0.3, -0.25) is 0 Å². The highest BCUT2D eigenvalue weighted by Crippen LogP contribution is 1.97. The third kappa shape index (κ3) is 13.4. The van der Waals surface area contributed by atoms with Crippen molar-refractivity contribution in [3.8, 4) is 0 Å². The van der Waals surface area contributed by atoms with Crippen molar-refractivity contribution in [3.05, 3.63) is 66.8 Å². The molecule has 0 aliphatic heterocycles. The Bertz CT molecular complexity index is 425. The van der Waals surface area contributed by atoms with Crippen molar-refractivity contribution in [3.63, 3.8) is 0 Å². The maximum atomic E-state index is 9.49. The molecule has 108 valence electrons. The van der Waals surface area contributed by atoms with E-state index in [0.29, 0.717) is 0 Å². The lowest BCUT2D eigenvalue weighted by molar-refractivity contribution is -0.300. The zero-order valence-electron chi connectivity index (χ0n) is 11.7. The summed E-state index contributed by atoms with van der Waals surface area (Å²) < 4.78 is 0. The van der Waals surface area contributed by atoms with Crippen LogP contribution < -0.4 is 10.2 Å². The van der Waals surface area contributed by atoms with Crippen LogP contribution in [-0.2, 0) is 9.59 Å². The van der Waals surface area contributed by atoms with Gasteiger partial charge in [0.2, 0.25) is 0 Å². The average molecular weight is 274 g/mol. The lowest BCUT2D eigenvalue weighted by Gasteiger charge is -1.93. The minimum Gasteiger partial charge on any atom is -0.545 e. The van der Waals surface area contributed by atoms with Gasteiger partial charge >= 0.3 is 0 Å². The predicted octanol–water partition coefficient (Wildman–Crippen LogP) is 0.954. The fourth-order valence-electron chi connectivity index (χ4n) is 0.589. The van der Waals surface area contributed by atoms with Gasteiger partial charge in [0, 0.05) is 0 Å². The number of benzene rings is 1. The summed E-state index contributed by atoms with van der Waals surface area (Å²) in [7, 11) is 0. The summed E-state index contributed by atoms with van der Waals surface area (Å²) >= 11 is 0. The number of hydrogen-bond donors (Lipinski definition) is 0. The molecule has 1 rings (SSSR count). The van der Waals surface area contributed by atoms with Gasteiger partial charge in [-0.2, -0.15) is 0 Å². The van der Waals surface area contributed by atoms with E-state index in [2.05, 4.69) is 19.7 Å². The molecule has 0 aliphatic rings. The van der Waals surface area contributed by atoms with Crippen molar-refractivity contribution in [2.45, 2.75) is 13.8 Å². The Balaban J connectivity index is 0. The molecular weight excluding hydrogens is 256 g/mol. The maximum Gasteiger partial charge on any atom is 0.0666 e. The van der Waals surface area contributed by atoms with E-state index in [1.807, 2.05) is 36.4 Å². The highest BCUT2D eigenvalue weighted by molar-refractivity contribution is 5.83. The number of carboxylic acids is 2. The van der Waals surface area contributed by atoms with E-state index >= 15 is 0 Å². The molecule has 0 amide bonds. The lowest BCUT2D eigenvalue weighted by atomic mass is 10.2. The third-order valence-electron chi connectivity index (χ3n) is 1.73. The Morgan fingerprint density at radius 1 is 0.950 bits per heavy atom. The summed E-state index contributed by atoms with van der Waals surface area (Å²) in [5.41, 5.74) is 1.30. The van der Waals surface area contributed by atoms with E-state index in [9.17, 15) is 19.8 Å². The second-order valence-corrected chi connectivity index (χ2v) is 3.75. The van der Waals surface area contributed by atoms with Crippen LogP contribution in [0.15, 0.2) is 61.2 Å². The first-order valence-corrected chi connectivity index (χ1v) is 5.63. The van der Waals surface area contributed by atoms with Gasteiger partial charge < -0.3 is 19.8 Å². The van der Waals surface area contributed by atoms with Crippen LogP contribution in [0.3, 0.4) is 0 Å². The van der Waals surface area contributed by atoms with Gasteiger partial charge in [-0.15, -0.1) is 0 Å². The molecule has 20 heavy (non-hydrogen) atoms. The fraction of sp³-hybridized carbons (Fsp3) is 0.125. The van der Waals surface area contributed by atoms with Crippen LogP contribution in [0, 0.1) is 0 Å². The molecule has 0 N–H and O–H groups in total. The first kappa shape index (κ1) is 19.7. The SMILES string of the molecule is C=C(C)C(=O)[O-].C=C(C)C(=O)[O-].C=Cc1ccccc1. The number of carbonyl (C=O) groups excluding carboxylic acids is 2. The smallest absolute Gasteiger partial charge is 0.0666 e. The zero-order valence-corrected chi connectivity index (χ0v) is 11.7. The summed E-state index contributed by atoms with van der Waals surface area (Å²) in [4.78, 5) is 19.0.